The zero-order valence-electron chi connectivity index (χ0n) is 31.2. The van der Waals surface area contributed by atoms with Crippen molar-refractivity contribution >= 4 is 34.5 Å². The van der Waals surface area contributed by atoms with E-state index in [1.165, 1.54) is 6.92 Å². The number of hydrogen-bond donors (Lipinski definition) is 7. The van der Waals surface area contributed by atoms with Crippen molar-refractivity contribution in [3.63, 3.8) is 0 Å². The van der Waals surface area contributed by atoms with Crippen LogP contribution in [0, 0.1) is 5.41 Å². The molecule has 8 N–H and O–H groups in total. The first-order valence-corrected chi connectivity index (χ1v) is 19.0. The van der Waals surface area contributed by atoms with Gasteiger partial charge in [-0.15, -0.1) is 0 Å². The largest absolute Gasteiger partial charge is 0.370 e. The molecule has 1 aromatic heterocycles. The van der Waals surface area contributed by atoms with E-state index < -0.39 is 18.1 Å². The van der Waals surface area contributed by atoms with E-state index in [4.69, 9.17) is 11.1 Å². The number of amides is 3. The smallest absolute Gasteiger partial charge is 0.243 e. The lowest BCUT2D eigenvalue weighted by atomic mass is 9.90. The monoisotopic (exact) mass is 741 g/mol. The standard InChI is InChI=1S/C43H51N9O3/c1-29(53)49-40(25-35-26-46-28-48-35)41(54)51-39(24-30-18-19-31-11-8-9-16-34(31)23-30)37-20-22-52(42(55)38(50-37)17-10-21-47-43(44)45)27-36(32-12-4-2-5-13-32)33-14-6-3-7-15-33/h2-9,11-16,18-19,23,26,28,36-40,50H,10,17,20-22,24-25,27H2,1H3,(H,46,48)(H,49,53)(H,51,54)(H4,44,45,47)/t37-,38+,39+,40+/m1/s1. The summed E-state index contributed by atoms with van der Waals surface area (Å²) in [5, 5.41) is 22.5. The maximum atomic E-state index is 14.6. The lowest BCUT2D eigenvalue weighted by Crippen LogP contribution is -2.58. The molecule has 1 fully saturated rings. The van der Waals surface area contributed by atoms with E-state index in [0.29, 0.717) is 45.3 Å². The summed E-state index contributed by atoms with van der Waals surface area (Å²) in [7, 11) is 0. The molecule has 4 aromatic carbocycles. The first-order valence-electron chi connectivity index (χ1n) is 19.0. The molecule has 6 rings (SSSR count). The van der Waals surface area contributed by atoms with Crippen LogP contribution < -0.4 is 27.0 Å². The highest BCUT2D eigenvalue weighted by molar-refractivity contribution is 5.87. The molecule has 0 aliphatic carbocycles. The second-order valence-electron chi connectivity index (χ2n) is 14.3. The van der Waals surface area contributed by atoms with Crippen LogP contribution in [0.15, 0.2) is 116 Å². The lowest BCUT2D eigenvalue weighted by Gasteiger charge is -2.31. The molecular formula is C43H51N9O3. The minimum absolute atomic E-state index is 0.00617. The second-order valence-corrected chi connectivity index (χ2v) is 14.3. The molecule has 0 saturated carbocycles. The van der Waals surface area contributed by atoms with Gasteiger partial charge in [-0.3, -0.25) is 19.8 Å². The molecule has 0 bridgehead atoms. The molecule has 12 heteroatoms. The summed E-state index contributed by atoms with van der Waals surface area (Å²) < 4.78 is 0. The minimum Gasteiger partial charge on any atom is -0.370 e. The minimum atomic E-state index is -0.841. The van der Waals surface area contributed by atoms with Gasteiger partial charge in [0.2, 0.25) is 17.7 Å². The number of hydrogen-bond acceptors (Lipinski definition) is 6. The van der Waals surface area contributed by atoms with Crippen LogP contribution in [-0.2, 0) is 27.2 Å². The summed E-state index contributed by atoms with van der Waals surface area (Å²) >= 11 is 0. The first-order chi connectivity index (χ1) is 26.7. The van der Waals surface area contributed by atoms with Crippen LogP contribution in [0.3, 0.4) is 0 Å². The van der Waals surface area contributed by atoms with Gasteiger partial charge >= 0.3 is 0 Å². The predicted octanol–water partition coefficient (Wildman–Crippen LogP) is 3.99. The summed E-state index contributed by atoms with van der Waals surface area (Å²) in [5.74, 6) is -0.800. The molecule has 1 aliphatic rings. The number of nitrogens with two attached hydrogens (primary N) is 1. The van der Waals surface area contributed by atoms with Gasteiger partial charge in [-0.2, -0.15) is 0 Å². The van der Waals surface area contributed by atoms with Crippen LogP contribution >= 0.6 is 0 Å². The molecule has 4 atom stereocenters. The number of guanidine groups is 1. The number of nitrogens with one attached hydrogen (secondary N) is 6. The average Bonchev–Trinajstić information content (AvgIpc) is 3.65. The predicted molar refractivity (Wildman–Crippen MR) is 215 cm³/mol. The SMILES string of the molecule is CC(=O)N[C@@H](Cc1cnc[nH]1)C(=O)N[C@@H](Cc1ccc2ccccc2c1)[C@H]1CCN(CC(c2ccccc2)c2ccccc2)C(=O)[C@H](CCCNC(=N)N)N1. The quantitative estimate of drug-likeness (QED) is 0.0454. The Kier molecular flexibility index (Phi) is 13.3. The Balaban J connectivity index is 1.32. The number of nitrogens with zero attached hydrogens (tertiary/aromatic N) is 2. The summed E-state index contributed by atoms with van der Waals surface area (Å²) in [5.41, 5.74) is 9.59. The van der Waals surface area contributed by atoms with Gasteiger partial charge in [0.15, 0.2) is 5.96 Å². The van der Waals surface area contributed by atoms with Crippen LogP contribution in [0.4, 0.5) is 0 Å². The molecule has 0 spiro atoms. The molecule has 5 aromatic rings. The third-order valence-corrected chi connectivity index (χ3v) is 10.3. The zero-order chi connectivity index (χ0) is 38.6. The third-order valence-electron chi connectivity index (χ3n) is 10.3. The van der Waals surface area contributed by atoms with Gasteiger partial charge in [0.05, 0.1) is 12.4 Å². The number of carbonyl (C=O) groups is 3. The van der Waals surface area contributed by atoms with Gasteiger partial charge in [0.25, 0.3) is 0 Å². The molecule has 286 valence electrons. The van der Waals surface area contributed by atoms with Crippen molar-refractivity contribution in [2.24, 2.45) is 5.73 Å². The van der Waals surface area contributed by atoms with Crippen molar-refractivity contribution < 1.29 is 14.4 Å². The van der Waals surface area contributed by atoms with Crippen LogP contribution in [0.1, 0.15) is 54.5 Å². The molecule has 2 heterocycles. The maximum absolute atomic E-state index is 14.6. The van der Waals surface area contributed by atoms with Crippen molar-refractivity contribution in [2.75, 3.05) is 19.6 Å². The number of benzene rings is 4. The fraction of sp³-hybridized carbons (Fsp3) is 0.326. The Hall–Kier alpha value is -6.01. The highest BCUT2D eigenvalue weighted by Crippen LogP contribution is 2.28. The van der Waals surface area contributed by atoms with Crippen LogP contribution in [0.2, 0.25) is 0 Å². The molecule has 1 aliphatic heterocycles. The second kappa shape index (κ2) is 18.8. The highest BCUT2D eigenvalue weighted by atomic mass is 16.2. The van der Waals surface area contributed by atoms with E-state index in [-0.39, 0.29) is 42.1 Å². The average molecular weight is 742 g/mol. The molecule has 55 heavy (non-hydrogen) atoms. The number of aromatic amines is 1. The Morgan fingerprint density at radius 3 is 2.27 bits per heavy atom. The molecule has 1 saturated heterocycles. The Bertz CT molecular complexity index is 1980. The Morgan fingerprint density at radius 1 is 0.927 bits per heavy atom. The topological polar surface area (TPSA) is 181 Å². The van der Waals surface area contributed by atoms with E-state index in [1.807, 2.05) is 53.4 Å². The Labute approximate surface area is 322 Å². The van der Waals surface area contributed by atoms with Gasteiger partial charge < -0.3 is 36.9 Å². The maximum Gasteiger partial charge on any atom is 0.243 e. The van der Waals surface area contributed by atoms with Crippen molar-refractivity contribution in [1.29, 1.82) is 5.41 Å². The third kappa shape index (κ3) is 10.8. The summed E-state index contributed by atoms with van der Waals surface area (Å²) in [6, 6.07) is 32.9. The van der Waals surface area contributed by atoms with Crippen molar-refractivity contribution in [1.82, 2.24) is 36.1 Å². The van der Waals surface area contributed by atoms with Crippen molar-refractivity contribution in [3.05, 3.63) is 138 Å². The number of fused-ring (bicyclic) bond motifs is 1. The lowest BCUT2D eigenvalue weighted by molar-refractivity contribution is -0.133. The molecule has 0 unspecified atom stereocenters. The fourth-order valence-electron chi connectivity index (χ4n) is 7.54. The first kappa shape index (κ1) is 38.7. The molecule has 12 nitrogen and oxygen atoms in total. The van der Waals surface area contributed by atoms with Crippen LogP contribution in [-0.4, -0.2) is 82.4 Å². The number of aromatic nitrogens is 2. The van der Waals surface area contributed by atoms with Crippen molar-refractivity contribution in [3.8, 4) is 0 Å². The van der Waals surface area contributed by atoms with E-state index in [9.17, 15) is 14.4 Å². The van der Waals surface area contributed by atoms with E-state index in [1.54, 1.807) is 12.5 Å². The highest BCUT2D eigenvalue weighted by Gasteiger charge is 2.36. The fourth-order valence-corrected chi connectivity index (χ4v) is 7.54. The Morgan fingerprint density at radius 2 is 1.62 bits per heavy atom. The van der Waals surface area contributed by atoms with Gasteiger partial charge in [-0.05, 0) is 53.1 Å². The van der Waals surface area contributed by atoms with Gasteiger partial charge in [0.1, 0.15) is 6.04 Å². The van der Waals surface area contributed by atoms with Crippen LogP contribution in [0.25, 0.3) is 10.8 Å². The normalized spacial score (nSPS) is 17.0. The van der Waals surface area contributed by atoms with E-state index >= 15 is 0 Å². The van der Waals surface area contributed by atoms with Gasteiger partial charge in [-0.25, -0.2) is 4.98 Å². The van der Waals surface area contributed by atoms with Gasteiger partial charge in [-0.1, -0.05) is 103 Å². The van der Waals surface area contributed by atoms with E-state index in [0.717, 1.165) is 33.2 Å². The number of H-pyrrole nitrogens is 1. The molecular weight excluding hydrogens is 691 g/mol. The van der Waals surface area contributed by atoms with Gasteiger partial charge in [0, 0.05) is 62.9 Å². The number of carbonyl (C=O) groups excluding carboxylic acids is 3. The summed E-state index contributed by atoms with van der Waals surface area (Å²) in [6.45, 7) is 2.81. The zero-order valence-corrected chi connectivity index (χ0v) is 31.2. The van der Waals surface area contributed by atoms with Crippen molar-refractivity contribution in [2.45, 2.75) is 69.1 Å². The van der Waals surface area contributed by atoms with E-state index in [2.05, 4.69) is 85.8 Å². The summed E-state index contributed by atoms with van der Waals surface area (Å²) in [4.78, 5) is 50.2. The molecule has 0 radical (unpaired) electrons. The summed E-state index contributed by atoms with van der Waals surface area (Å²) in [6.07, 6.45) is 5.60. The molecule has 3 amide bonds. The number of rotatable bonds is 16. The van der Waals surface area contributed by atoms with Crippen LogP contribution in [0.5, 0.6) is 0 Å². The number of imidazole rings is 1.